The monoisotopic (exact) mass is 335 g/mol. The lowest BCUT2D eigenvalue weighted by Gasteiger charge is -2.28. The van der Waals surface area contributed by atoms with E-state index in [1.54, 1.807) is 4.68 Å². The highest BCUT2D eigenvalue weighted by molar-refractivity contribution is 6.30. The Kier molecular flexibility index (Phi) is 3.69. The van der Waals surface area contributed by atoms with Gasteiger partial charge in [-0.15, -0.1) is 0 Å². The largest absolute Gasteiger partial charge is 0.338 e. The summed E-state index contributed by atoms with van der Waals surface area (Å²) in [6, 6.07) is 0.362. The SMILES string of the molecule is Cc1nn(C)c(Cl)c1[C@H]1CCCN1[C@H](C)c1nc(C2CC2)no1. The Labute approximate surface area is 140 Å². The minimum Gasteiger partial charge on any atom is -0.338 e. The second-order valence-electron chi connectivity index (χ2n) is 6.75. The van der Waals surface area contributed by atoms with Crippen LogP contribution in [-0.2, 0) is 7.05 Å². The molecule has 0 radical (unpaired) electrons. The maximum absolute atomic E-state index is 6.49. The highest BCUT2D eigenvalue weighted by Crippen LogP contribution is 2.43. The van der Waals surface area contributed by atoms with Crippen LogP contribution in [0.15, 0.2) is 4.52 Å². The van der Waals surface area contributed by atoms with Crippen LogP contribution in [0.2, 0.25) is 5.15 Å². The van der Waals surface area contributed by atoms with Crippen LogP contribution in [0.1, 0.15) is 73.6 Å². The van der Waals surface area contributed by atoms with Gasteiger partial charge in [-0.1, -0.05) is 16.8 Å². The first-order valence-corrected chi connectivity index (χ1v) is 8.72. The van der Waals surface area contributed by atoms with E-state index < -0.39 is 0 Å². The summed E-state index contributed by atoms with van der Waals surface area (Å²) in [6.07, 6.45) is 4.60. The first-order valence-electron chi connectivity index (χ1n) is 8.34. The molecule has 0 N–H and O–H groups in total. The van der Waals surface area contributed by atoms with E-state index in [4.69, 9.17) is 16.1 Å². The van der Waals surface area contributed by atoms with Crippen molar-refractivity contribution < 1.29 is 4.52 Å². The zero-order valence-corrected chi connectivity index (χ0v) is 14.5. The molecule has 2 aromatic heterocycles. The molecule has 0 unspecified atom stereocenters. The van der Waals surface area contributed by atoms with Gasteiger partial charge in [-0.25, -0.2) is 0 Å². The standard InChI is InChI=1S/C16H22ClN5O/c1-9-13(14(17)21(3)19-9)12-5-4-8-22(12)10(2)16-18-15(20-23-16)11-6-7-11/h10-12H,4-8H2,1-3H3/t10-,12-/m1/s1. The molecule has 124 valence electrons. The van der Waals surface area contributed by atoms with Crippen molar-refractivity contribution >= 4 is 11.6 Å². The quantitative estimate of drug-likeness (QED) is 0.855. The van der Waals surface area contributed by atoms with Crippen LogP contribution in [0.3, 0.4) is 0 Å². The molecule has 2 aliphatic rings. The molecular formula is C16H22ClN5O. The van der Waals surface area contributed by atoms with Gasteiger partial charge in [-0.05, 0) is 46.1 Å². The van der Waals surface area contributed by atoms with E-state index in [1.807, 2.05) is 14.0 Å². The summed E-state index contributed by atoms with van der Waals surface area (Å²) in [4.78, 5) is 7.04. The first kappa shape index (κ1) is 15.1. The molecule has 0 bridgehead atoms. The van der Waals surface area contributed by atoms with Gasteiger partial charge in [-0.3, -0.25) is 9.58 Å². The van der Waals surface area contributed by atoms with Crippen LogP contribution in [0.4, 0.5) is 0 Å². The molecule has 1 aliphatic heterocycles. The van der Waals surface area contributed by atoms with Gasteiger partial charge in [0.05, 0.1) is 11.7 Å². The molecule has 3 heterocycles. The fourth-order valence-corrected chi connectivity index (χ4v) is 3.95. The highest BCUT2D eigenvalue weighted by atomic mass is 35.5. The fourth-order valence-electron chi connectivity index (χ4n) is 3.65. The van der Waals surface area contributed by atoms with Gasteiger partial charge in [0.2, 0.25) is 5.89 Å². The Bertz CT molecular complexity index is 720. The molecule has 23 heavy (non-hydrogen) atoms. The van der Waals surface area contributed by atoms with Crippen LogP contribution < -0.4 is 0 Å². The van der Waals surface area contributed by atoms with Crippen LogP contribution in [0.5, 0.6) is 0 Å². The van der Waals surface area contributed by atoms with Crippen molar-refractivity contribution in [2.75, 3.05) is 6.54 Å². The highest BCUT2D eigenvalue weighted by Gasteiger charge is 2.37. The lowest BCUT2D eigenvalue weighted by molar-refractivity contribution is 0.158. The molecular weight excluding hydrogens is 314 g/mol. The average molecular weight is 336 g/mol. The van der Waals surface area contributed by atoms with Crippen molar-refractivity contribution in [3.8, 4) is 0 Å². The minimum absolute atomic E-state index is 0.0955. The lowest BCUT2D eigenvalue weighted by atomic mass is 10.0. The van der Waals surface area contributed by atoms with Crippen LogP contribution >= 0.6 is 11.6 Å². The molecule has 7 heteroatoms. The van der Waals surface area contributed by atoms with Crippen molar-refractivity contribution in [1.82, 2.24) is 24.8 Å². The summed E-state index contributed by atoms with van der Waals surface area (Å²) < 4.78 is 7.29. The number of hydrogen-bond acceptors (Lipinski definition) is 5. The summed E-state index contributed by atoms with van der Waals surface area (Å²) in [5, 5.41) is 9.35. The van der Waals surface area contributed by atoms with E-state index >= 15 is 0 Å². The summed E-state index contributed by atoms with van der Waals surface area (Å²) in [6.45, 7) is 5.18. The molecule has 4 rings (SSSR count). The number of aromatic nitrogens is 4. The Morgan fingerprint density at radius 1 is 1.30 bits per heavy atom. The van der Waals surface area contributed by atoms with E-state index in [1.165, 1.54) is 12.8 Å². The van der Waals surface area contributed by atoms with Gasteiger partial charge in [0, 0.05) is 24.6 Å². The van der Waals surface area contributed by atoms with E-state index in [0.717, 1.165) is 47.5 Å². The topological polar surface area (TPSA) is 60.0 Å². The maximum atomic E-state index is 6.49. The second-order valence-corrected chi connectivity index (χ2v) is 7.11. The molecule has 0 aromatic carbocycles. The predicted octanol–water partition coefficient (Wildman–Crippen LogP) is 3.54. The third kappa shape index (κ3) is 2.58. The Morgan fingerprint density at radius 3 is 2.74 bits per heavy atom. The Hall–Kier alpha value is -1.40. The maximum Gasteiger partial charge on any atom is 0.243 e. The van der Waals surface area contributed by atoms with E-state index in [0.29, 0.717) is 5.92 Å². The molecule has 2 atom stereocenters. The normalized spacial score (nSPS) is 23.6. The summed E-state index contributed by atoms with van der Waals surface area (Å²) in [5.41, 5.74) is 2.14. The van der Waals surface area contributed by atoms with E-state index in [-0.39, 0.29) is 12.1 Å². The van der Waals surface area contributed by atoms with Gasteiger partial charge >= 0.3 is 0 Å². The van der Waals surface area contributed by atoms with Crippen LogP contribution in [-0.4, -0.2) is 31.4 Å². The second kappa shape index (κ2) is 5.60. The van der Waals surface area contributed by atoms with Crippen molar-refractivity contribution in [2.24, 2.45) is 7.05 Å². The zero-order chi connectivity index (χ0) is 16.1. The van der Waals surface area contributed by atoms with Gasteiger partial charge in [-0.2, -0.15) is 10.1 Å². The van der Waals surface area contributed by atoms with Crippen molar-refractivity contribution in [3.05, 3.63) is 28.1 Å². The van der Waals surface area contributed by atoms with E-state index in [2.05, 4.69) is 27.1 Å². The van der Waals surface area contributed by atoms with Gasteiger partial charge in [0.1, 0.15) is 5.15 Å². The van der Waals surface area contributed by atoms with Crippen LogP contribution in [0, 0.1) is 6.92 Å². The summed E-state index contributed by atoms with van der Waals surface area (Å²) in [7, 11) is 1.89. The number of aryl methyl sites for hydroxylation is 2. The zero-order valence-electron chi connectivity index (χ0n) is 13.8. The number of nitrogens with zero attached hydrogens (tertiary/aromatic N) is 5. The summed E-state index contributed by atoms with van der Waals surface area (Å²) >= 11 is 6.49. The molecule has 0 amide bonds. The number of hydrogen-bond donors (Lipinski definition) is 0. The lowest BCUT2D eigenvalue weighted by Crippen LogP contribution is -2.27. The van der Waals surface area contributed by atoms with Crippen molar-refractivity contribution in [1.29, 1.82) is 0 Å². The average Bonchev–Trinajstić information content (AvgIpc) is 2.96. The number of rotatable bonds is 4. The fraction of sp³-hybridized carbons (Fsp3) is 0.688. The Morgan fingerprint density at radius 2 is 2.09 bits per heavy atom. The van der Waals surface area contributed by atoms with E-state index in [9.17, 15) is 0 Å². The molecule has 6 nitrogen and oxygen atoms in total. The molecule has 1 saturated carbocycles. The van der Waals surface area contributed by atoms with Crippen molar-refractivity contribution in [3.63, 3.8) is 0 Å². The molecule has 2 aromatic rings. The number of likely N-dealkylation sites (tertiary alicyclic amines) is 1. The predicted molar refractivity (Wildman–Crippen MR) is 86.3 cm³/mol. The minimum atomic E-state index is 0.0955. The first-order chi connectivity index (χ1) is 11.1. The molecule has 1 saturated heterocycles. The Balaban J connectivity index is 1.61. The summed E-state index contributed by atoms with van der Waals surface area (Å²) in [5.74, 6) is 2.11. The van der Waals surface area contributed by atoms with Gasteiger partial charge in [0.15, 0.2) is 5.82 Å². The third-order valence-electron chi connectivity index (χ3n) is 5.08. The van der Waals surface area contributed by atoms with Gasteiger partial charge in [0.25, 0.3) is 0 Å². The van der Waals surface area contributed by atoms with Gasteiger partial charge < -0.3 is 4.52 Å². The van der Waals surface area contributed by atoms with Crippen LogP contribution in [0.25, 0.3) is 0 Å². The van der Waals surface area contributed by atoms with Crippen molar-refractivity contribution in [2.45, 2.75) is 57.5 Å². The number of halogens is 1. The smallest absolute Gasteiger partial charge is 0.243 e. The molecule has 2 fully saturated rings. The molecule has 0 spiro atoms. The third-order valence-corrected chi connectivity index (χ3v) is 5.53. The molecule has 1 aliphatic carbocycles.